The second kappa shape index (κ2) is 5.90. The van der Waals surface area contributed by atoms with Crippen LogP contribution in [0.4, 0.5) is 4.39 Å². The largest absolute Gasteiger partial charge is 0.464 e. The molecule has 1 aromatic heterocycles. The van der Waals surface area contributed by atoms with Crippen LogP contribution < -0.4 is 0 Å². The van der Waals surface area contributed by atoms with E-state index in [1.807, 2.05) is 0 Å². The highest BCUT2D eigenvalue weighted by molar-refractivity contribution is 6.29. The van der Waals surface area contributed by atoms with Crippen LogP contribution in [0, 0.1) is 5.82 Å². The van der Waals surface area contributed by atoms with Crippen molar-refractivity contribution in [1.82, 2.24) is 4.98 Å². The van der Waals surface area contributed by atoms with Crippen LogP contribution in [-0.4, -0.2) is 33.9 Å². The van der Waals surface area contributed by atoms with Crippen molar-refractivity contribution in [2.45, 2.75) is 19.1 Å². The first-order valence-corrected chi connectivity index (χ1v) is 5.19. The summed E-state index contributed by atoms with van der Waals surface area (Å²) >= 11 is 5.41. The number of halogens is 2. The van der Waals surface area contributed by atoms with Gasteiger partial charge in [0, 0.05) is 11.8 Å². The number of hydrogen-bond acceptors (Lipinski definition) is 5. The monoisotopic (exact) mass is 263 g/mol. The van der Waals surface area contributed by atoms with Crippen LogP contribution in [0.2, 0.25) is 5.15 Å². The van der Waals surface area contributed by atoms with Crippen LogP contribution in [0.5, 0.6) is 0 Å². The van der Waals surface area contributed by atoms with Crippen molar-refractivity contribution in [1.29, 1.82) is 0 Å². The summed E-state index contributed by atoms with van der Waals surface area (Å²) in [7, 11) is 0. The lowest BCUT2D eigenvalue weighted by molar-refractivity contribution is -0.159. The summed E-state index contributed by atoms with van der Waals surface area (Å²) < 4.78 is 17.9. The molecule has 0 radical (unpaired) electrons. The van der Waals surface area contributed by atoms with Crippen LogP contribution in [0.1, 0.15) is 18.6 Å². The molecule has 2 N–H and O–H groups in total. The lowest BCUT2D eigenvalue weighted by Crippen LogP contribution is -2.30. The third-order valence-corrected chi connectivity index (χ3v) is 2.29. The number of esters is 1. The Hall–Kier alpha value is -1.24. The van der Waals surface area contributed by atoms with E-state index in [0.717, 1.165) is 12.3 Å². The molecule has 0 aliphatic heterocycles. The smallest absolute Gasteiger partial charge is 0.338 e. The fourth-order valence-electron chi connectivity index (χ4n) is 1.19. The van der Waals surface area contributed by atoms with Gasteiger partial charge in [0.05, 0.1) is 6.61 Å². The standard InChI is InChI=1S/C10H11ClFNO4/c1-2-17-10(16)8(15)7(14)5-3-4-13-9(11)6(5)12/h3-4,7-8,14-15H,2H2,1H3. The summed E-state index contributed by atoms with van der Waals surface area (Å²) in [5, 5.41) is 18.6. The number of aromatic nitrogens is 1. The van der Waals surface area contributed by atoms with Crippen LogP contribution in [0.25, 0.3) is 0 Å². The first kappa shape index (κ1) is 13.8. The second-order valence-electron chi connectivity index (χ2n) is 3.15. The third-order valence-electron chi connectivity index (χ3n) is 2.02. The predicted octanol–water partition coefficient (Wildman–Crippen LogP) is 0.831. The minimum absolute atomic E-state index is 0.0438. The van der Waals surface area contributed by atoms with Crippen molar-refractivity contribution >= 4 is 17.6 Å². The third kappa shape index (κ3) is 3.12. The van der Waals surface area contributed by atoms with E-state index in [1.165, 1.54) is 0 Å². The van der Waals surface area contributed by atoms with E-state index in [9.17, 15) is 19.4 Å². The molecule has 0 fully saturated rings. The second-order valence-corrected chi connectivity index (χ2v) is 3.50. The number of pyridine rings is 1. The van der Waals surface area contributed by atoms with Crippen LogP contribution >= 0.6 is 11.6 Å². The maximum atomic E-state index is 13.4. The van der Waals surface area contributed by atoms with Crippen molar-refractivity contribution in [2.75, 3.05) is 6.61 Å². The zero-order chi connectivity index (χ0) is 13.0. The van der Waals surface area contributed by atoms with E-state index in [1.54, 1.807) is 6.92 Å². The molecule has 0 aliphatic rings. The first-order chi connectivity index (χ1) is 7.99. The Kier molecular flexibility index (Phi) is 4.80. The Morgan fingerprint density at radius 3 is 2.88 bits per heavy atom. The van der Waals surface area contributed by atoms with Gasteiger partial charge in [0.15, 0.2) is 17.1 Å². The zero-order valence-corrected chi connectivity index (χ0v) is 9.69. The van der Waals surface area contributed by atoms with E-state index in [2.05, 4.69) is 9.72 Å². The highest BCUT2D eigenvalue weighted by Crippen LogP contribution is 2.24. The van der Waals surface area contributed by atoms with Gasteiger partial charge < -0.3 is 14.9 Å². The Balaban J connectivity index is 2.92. The maximum Gasteiger partial charge on any atom is 0.338 e. The van der Waals surface area contributed by atoms with Gasteiger partial charge in [0.1, 0.15) is 6.10 Å². The molecule has 0 aromatic carbocycles. The summed E-state index contributed by atoms with van der Waals surface area (Å²) in [6.45, 7) is 1.59. The number of aliphatic hydroxyl groups is 2. The van der Waals surface area contributed by atoms with E-state index < -0.39 is 29.1 Å². The van der Waals surface area contributed by atoms with Gasteiger partial charge >= 0.3 is 5.97 Å². The number of carbonyl (C=O) groups excluding carboxylic acids is 1. The molecule has 0 amide bonds. The lowest BCUT2D eigenvalue weighted by Gasteiger charge is -2.17. The Morgan fingerprint density at radius 1 is 1.65 bits per heavy atom. The molecular formula is C10H11ClFNO4. The molecule has 7 heteroatoms. The number of carbonyl (C=O) groups is 1. The van der Waals surface area contributed by atoms with Gasteiger partial charge in [-0.25, -0.2) is 14.2 Å². The van der Waals surface area contributed by atoms with Gasteiger partial charge in [0.2, 0.25) is 0 Å². The van der Waals surface area contributed by atoms with Gasteiger partial charge in [-0.15, -0.1) is 0 Å². The molecule has 1 rings (SSSR count). The molecule has 0 saturated heterocycles. The van der Waals surface area contributed by atoms with Crippen molar-refractivity contribution < 1.29 is 24.1 Å². The number of ether oxygens (including phenoxy) is 1. The van der Waals surface area contributed by atoms with Gasteiger partial charge in [0.25, 0.3) is 0 Å². The molecule has 1 aromatic rings. The number of rotatable bonds is 4. The SMILES string of the molecule is CCOC(=O)C(O)C(O)c1ccnc(Cl)c1F. The predicted molar refractivity (Wildman–Crippen MR) is 56.8 cm³/mol. The summed E-state index contributed by atoms with van der Waals surface area (Å²) in [6, 6.07) is 1.12. The molecule has 2 unspecified atom stereocenters. The number of hydrogen-bond donors (Lipinski definition) is 2. The zero-order valence-electron chi connectivity index (χ0n) is 8.93. The van der Waals surface area contributed by atoms with Crippen molar-refractivity contribution in [2.24, 2.45) is 0 Å². The summed E-state index contributed by atoms with van der Waals surface area (Å²) in [5.41, 5.74) is -0.314. The minimum Gasteiger partial charge on any atom is -0.464 e. The summed E-state index contributed by atoms with van der Waals surface area (Å²) in [6.07, 6.45) is -2.47. The molecular weight excluding hydrogens is 253 g/mol. The highest BCUT2D eigenvalue weighted by atomic mass is 35.5. The molecule has 94 valence electrons. The molecule has 0 bridgehead atoms. The van der Waals surface area contributed by atoms with Crippen molar-refractivity contribution in [3.63, 3.8) is 0 Å². The van der Waals surface area contributed by atoms with Crippen molar-refractivity contribution in [3.8, 4) is 0 Å². The van der Waals surface area contributed by atoms with E-state index >= 15 is 0 Å². The fourth-order valence-corrected chi connectivity index (χ4v) is 1.35. The maximum absolute atomic E-state index is 13.4. The van der Waals surface area contributed by atoms with Crippen molar-refractivity contribution in [3.05, 3.63) is 28.8 Å². The minimum atomic E-state index is -1.87. The molecule has 0 spiro atoms. The van der Waals surface area contributed by atoms with E-state index in [0.29, 0.717) is 0 Å². The van der Waals surface area contributed by atoms with Crippen LogP contribution in [0.3, 0.4) is 0 Å². The van der Waals surface area contributed by atoms with E-state index in [4.69, 9.17) is 11.6 Å². The molecule has 0 saturated carbocycles. The molecule has 5 nitrogen and oxygen atoms in total. The van der Waals surface area contributed by atoms with Crippen LogP contribution in [-0.2, 0) is 9.53 Å². The summed E-state index contributed by atoms with van der Waals surface area (Å²) in [5.74, 6) is -2.02. The average molecular weight is 264 g/mol. The fraction of sp³-hybridized carbons (Fsp3) is 0.400. The van der Waals surface area contributed by atoms with Gasteiger partial charge in [-0.2, -0.15) is 0 Å². The normalized spacial score (nSPS) is 14.2. The topological polar surface area (TPSA) is 79.7 Å². The van der Waals surface area contributed by atoms with Gasteiger partial charge in [-0.05, 0) is 13.0 Å². The first-order valence-electron chi connectivity index (χ1n) is 4.81. The molecule has 2 atom stereocenters. The lowest BCUT2D eigenvalue weighted by atomic mass is 10.1. The molecule has 0 aliphatic carbocycles. The highest BCUT2D eigenvalue weighted by Gasteiger charge is 2.29. The van der Waals surface area contributed by atoms with Gasteiger partial charge in [-0.1, -0.05) is 11.6 Å². The summed E-state index contributed by atoms with van der Waals surface area (Å²) in [4.78, 5) is 14.6. The van der Waals surface area contributed by atoms with Crippen LogP contribution in [0.15, 0.2) is 12.3 Å². The number of aliphatic hydroxyl groups excluding tert-OH is 2. The van der Waals surface area contributed by atoms with E-state index in [-0.39, 0.29) is 12.2 Å². The molecule has 17 heavy (non-hydrogen) atoms. The Morgan fingerprint density at radius 2 is 2.29 bits per heavy atom. The molecule has 1 heterocycles. The Labute approximate surface area is 102 Å². The average Bonchev–Trinajstić information content (AvgIpc) is 2.31. The number of nitrogens with zero attached hydrogens (tertiary/aromatic N) is 1. The van der Waals surface area contributed by atoms with Gasteiger partial charge in [-0.3, -0.25) is 0 Å². The quantitative estimate of drug-likeness (QED) is 0.621. The Bertz CT molecular complexity index is 415.